The summed E-state index contributed by atoms with van der Waals surface area (Å²) in [5.74, 6) is 0. The van der Waals surface area contributed by atoms with E-state index in [1.165, 1.54) is 50.2 Å². The molecule has 8 aromatic rings. The molecule has 0 spiro atoms. The Balaban J connectivity index is 1.34. The first-order valence-electron chi connectivity index (χ1n) is 17.1. The molecule has 9 rings (SSSR count). The van der Waals surface area contributed by atoms with Crippen molar-refractivity contribution in [2.24, 2.45) is 0 Å². The molecule has 0 aromatic heterocycles. The van der Waals surface area contributed by atoms with Crippen molar-refractivity contribution in [2.45, 2.75) is 0 Å². The van der Waals surface area contributed by atoms with E-state index in [9.17, 15) is 0 Å². The van der Waals surface area contributed by atoms with Gasteiger partial charge in [0.1, 0.15) is 0 Å². The summed E-state index contributed by atoms with van der Waals surface area (Å²) in [5, 5.41) is 0. The zero-order valence-corrected chi connectivity index (χ0v) is 27.5. The van der Waals surface area contributed by atoms with Gasteiger partial charge < -0.3 is 9.80 Å². The maximum absolute atomic E-state index is 2.44. The fourth-order valence-corrected chi connectivity index (χ4v) is 7.38. The van der Waals surface area contributed by atoms with E-state index in [1.54, 1.807) is 0 Å². The minimum absolute atomic E-state index is 1.09. The molecule has 2 nitrogen and oxygen atoms in total. The van der Waals surface area contributed by atoms with Gasteiger partial charge in [-0.2, -0.15) is 0 Å². The molecule has 0 N–H and O–H groups in total. The summed E-state index contributed by atoms with van der Waals surface area (Å²) in [6.45, 7) is 0. The van der Waals surface area contributed by atoms with Crippen LogP contribution in [0.4, 0.5) is 34.1 Å². The fraction of sp³-hybridized carbons (Fsp3) is 0. The van der Waals surface area contributed by atoms with Gasteiger partial charge in [-0.3, -0.25) is 0 Å². The number of fused-ring (bicyclic) bond motifs is 5. The van der Waals surface area contributed by atoms with Crippen molar-refractivity contribution in [3.63, 3.8) is 0 Å². The van der Waals surface area contributed by atoms with E-state index in [2.05, 4.69) is 216 Å². The van der Waals surface area contributed by atoms with E-state index in [0.29, 0.717) is 0 Å². The zero-order chi connectivity index (χ0) is 33.3. The van der Waals surface area contributed by atoms with Crippen LogP contribution in [0.25, 0.3) is 44.5 Å². The first kappa shape index (κ1) is 29.5. The monoisotopic (exact) mass is 638 g/mol. The third kappa shape index (κ3) is 5.15. The Bertz CT molecular complexity index is 2350. The fourth-order valence-electron chi connectivity index (χ4n) is 7.38. The van der Waals surface area contributed by atoms with Crippen molar-refractivity contribution in [3.05, 3.63) is 206 Å². The van der Waals surface area contributed by atoms with Gasteiger partial charge in [-0.15, -0.1) is 0 Å². The molecule has 2 heteroatoms. The number of hydrogen-bond donors (Lipinski definition) is 0. The number of para-hydroxylation sites is 4. The Morgan fingerprint density at radius 1 is 0.300 bits per heavy atom. The van der Waals surface area contributed by atoms with Gasteiger partial charge in [-0.05, 0) is 70.8 Å². The van der Waals surface area contributed by atoms with E-state index >= 15 is 0 Å². The van der Waals surface area contributed by atoms with E-state index in [4.69, 9.17) is 0 Å². The number of benzene rings is 8. The number of hydrogen-bond acceptors (Lipinski definition) is 2. The highest BCUT2D eigenvalue weighted by Gasteiger charge is 2.28. The molecule has 50 heavy (non-hydrogen) atoms. The third-order valence-electron chi connectivity index (χ3n) is 9.61. The Kier molecular flexibility index (Phi) is 7.53. The molecule has 0 unspecified atom stereocenters. The van der Waals surface area contributed by atoms with Crippen molar-refractivity contribution in [1.29, 1.82) is 0 Å². The lowest BCUT2D eigenvalue weighted by Crippen LogP contribution is -2.14. The number of nitrogens with zero attached hydrogens (tertiary/aromatic N) is 2. The average Bonchev–Trinajstić information content (AvgIpc) is 3.32. The second-order valence-corrected chi connectivity index (χ2v) is 12.5. The van der Waals surface area contributed by atoms with Crippen LogP contribution in [0.5, 0.6) is 0 Å². The van der Waals surface area contributed by atoms with E-state index in [1.807, 2.05) is 0 Å². The summed E-state index contributed by atoms with van der Waals surface area (Å²) in [7, 11) is 0. The molecule has 0 aliphatic carbocycles. The minimum Gasteiger partial charge on any atom is -0.309 e. The van der Waals surface area contributed by atoms with Gasteiger partial charge in [0.25, 0.3) is 0 Å². The van der Waals surface area contributed by atoms with Gasteiger partial charge in [0.15, 0.2) is 0 Å². The molecular weight excluding hydrogens is 605 g/mol. The van der Waals surface area contributed by atoms with Gasteiger partial charge in [0.2, 0.25) is 0 Å². The van der Waals surface area contributed by atoms with Crippen molar-refractivity contribution in [3.8, 4) is 44.5 Å². The predicted molar refractivity (Wildman–Crippen MR) is 211 cm³/mol. The first-order valence-corrected chi connectivity index (χ1v) is 17.1. The van der Waals surface area contributed by atoms with Crippen LogP contribution in [0, 0.1) is 0 Å². The van der Waals surface area contributed by atoms with Crippen LogP contribution in [-0.4, -0.2) is 0 Å². The molecule has 0 radical (unpaired) electrons. The zero-order valence-electron chi connectivity index (χ0n) is 27.5. The largest absolute Gasteiger partial charge is 0.309 e. The maximum Gasteiger partial charge on any atom is 0.0542 e. The highest BCUT2D eigenvalue weighted by atomic mass is 15.2. The molecule has 8 aromatic carbocycles. The topological polar surface area (TPSA) is 6.48 Å². The molecule has 0 saturated heterocycles. The highest BCUT2D eigenvalue weighted by Crippen LogP contribution is 2.53. The lowest BCUT2D eigenvalue weighted by molar-refractivity contribution is 1.26. The minimum atomic E-state index is 1.09. The van der Waals surface area contributed by atoms with Crippen LogP contribution >= 0.6 is 0 Å². The standard InChI is InChI=1S/C48H34N2/c1-4-18-35(19-5-1)39-24-12-15-29-45(39)50(46-30-16-13-25-40(46)36-20-6-2-7-21-36)38-32-33-48-44(34-38)42-27-11-10-26-41(42)43-28-14-17-31-47(43)49(48)37-22-8-3-9-23-37/h1-34H. The Morgan fingerprint density at radius 2 is 0.720 bits per heavy atom. The quantitative estimate of drug-likeness (QED) is 0.179. The third-order valence-corrected chi connectivity index (χ3v) is 9.61. The molecule has 1 heterocycles. The van der Waals surface area contributed by atoms with Crippen molar-refractivity contribution in [2.75, 3.05) is 9.80 Å². The molecule has 1 aliphatic rings. The molecule has 1 aliphatic heterocycles. The smallest absolute Gasteiger partial charge is 0.0542 e. The van der Waals surface area contributed by atoms with Gasteiger partial charge in [0, 0.05) is 33.6 Å². The van der Waals surface area contributed by atoms with E-state index in [-0.39, 0.29) is 0 Å². The molecule has 0 fully saturated rings. The molecule has 0 bridgehead atoms. The van der Waals surface area contributed by atoms with Crippen LogP contribution in [0.2, 0.25) is 0 Å². The average molecular weight is 639 g/mol. The van der Waals surface area contributed by atoms with Crippen LogP contribution in [0.15, 0.2) is 206 Å². The summed E-state index contributed by atoms with van der Waals surface area (Å²) in [5.41, 5.74) is 16.3. The molecule has 0 saturated carbocycles. The second-order valence-electron chi connectivity index (χ2n) is 12.5. The van der Waals surface area contributed by atoms with E-state index in [0.717, 1.165) is 28.4 Å². The van der Waals surface area contributed by atoms with Crippen LogP contribution < -0.4 is 9.80 Å². The number of rotatable bonds is 6. The summed E-state index contributed by atoms with van der Waals surface area (Å²) < 4.78 is 0. The highest BCUT2D eigenvalue weighted by molar-refractivity contribution is 6.04. The molecule has 0 amide bonds. The lowest BCUT2D eigenvalue weighted by atomic mass is 9.94. The van der Waals surface area contributed by atoms with Crippen molar-refractivity contribution in [1.82, 2.24) is 0 Å². The lowest BCUT2D eigenvalue weighted by Gasteiger charge is -2.32. The van der Waals surface area contributed by atoms with Gasteiger partial charge >= 0.3 is 0 Å². The summed E-state index contributed by atoms with van der Waals surface area (Å²) in [6, 6.07) is 74.2. The van der Waals surface area contributed by atoms with Gasteiger partial charge in [0.05, 0.1) is 22.7 Å². The SMILES string of the molecule is c1ccc(-c2ccccc2N(c2ccc3c(c2)-c2ccccc2-c2ccccc2N3c2ccccc2)c2ccccc2-c2ccccc2)cc1. The van der Waals surface area contributed by atoms with Gasteiger partial charge in [-0.25, -0.2) is 0 Å². The van der Waals surface area contributed by atoms with E-state index < -0.39 is 0 Å². The Morgan fingerprint density at radius 3 is 1.30 bits per heavy atom. The van der Waals surface area contributed by atoms with Crippen molar-refractivity contribution >= 4 is 34.1 Å². The molecule has 0 atom stereocenters. The summed E-state index contributed by atoms with van der Waals surface area (Å²) in [6.07, 6.45) is 0. The van der Waals surface area contributed by atoms with Gasteiger partial charge in [-0.1, -0.05) is 158 Å². The normalized spacial score (nSPS) is 11.6. The summed E-state index contributed by atoms with van der Waals surface area (Å²) >= 11 is 0. The number of anilines is 6. The molecule has 236 valence electrons. The summed E-state index contributed by atoms with van der Waals surface area (Å²) in [4.78, 5) is 4.85. The Hall–Kier alpha value is -6.64. The van der Waals surface area contributed by atoms with Crippen LogP contribution in [0.1, 0.15) is 0 Å². The Labute approximate surface area is 293 Å². The maximum atomic E-state index is 2.44. The van der Waals surface area contributed by atoms with Crippen molar-refractivity contribution < 1.29 is 0 Å². The first-order chi connectivity index (χ1) is 24.8. The second kappa shape index (κ2) is 12.8. The van der Waals surface area contributed by atoms with Crippen LogP contribution in [0.3, 0.4) is 0 Å². The molecular formula is C48H34N2. The predicted octanol–water partition coefficient (Wildman–Crippen LogP) is 13.6. The van der Waals surface area contributed by atoms with Crippen LogP contribution in [-0.2, 0) is 0 Å².